The lowest BCUT2D eigenvalue weighted by atomic mass is 10.0. The van der Waals surface area contributed by atoms with Gasteiger partial charge < -0.3 is 16.4 Å². The molecule has 4 N–H and O–H groups in total. The normalized spacial score (nSPS) is 13.8. The maximum Gasteiger partial charge on any atom is 0.254 e. The number of rotatable bonds is 2. The van der Waals surface area contributed by atoms with Crippen LogP contribution in [0.15, 0.2) is 24.3 Å². The molecule has 2 amide bonds. The third-order valence-electron chi connectivity index (χ3n) is 3.88. The smallest absolute Gasteiger partial charge is 0.254 e. The van der Waals surface area contributed by atoms with Gasteiger partial charge in [-0.3, -0.25) is 9.59 Å². The first-order valence-electron chi connectivity index (χ1n) is 7.03. The minimum absolute atomic E-state index is 0.00180. The molecule has 1 aliphatic heterocycles. The molecule has 2 aromatic rings. The Hall–Kier alpha value is -2.34. The van der Waals surface area contributed by atoms with E-state index in [2.05, 4.69) is 0 Å². The number of nitrogens with two attached hydrogens (primary N) is 2. The van der Waals surface area contributed by atoms with E-state index in [4.69, 9.17) is 11.5 Å². The van der Waals surface area contributed by atoms with Gasteiger partial charge in [-0.15, -0.1) is 11.3 Å². The minimum Gasteiger partial charge on any atom is -0.390 e. The Morgan fingerprint density at radius 2 is 2.09 bits per heavy atom. The van der Waals surface area contributed by atoms with E-state index >= 15 is 0 Å². The van der Waals surface area contributed by atoms with Crippen LogP contribution >= 0.6 is 11.3 Å². The first kappa shape index (κ1) is 14.6. The highest BCUT2D eigenvalue weighted by atomic mass is 32.1. The highest BCUT2D eigenvalue weighted by Crippen LogP contribution is 2.35. The molecule has 5 nitrogen and oxygen atoms in total. The Bertz CT molecular complexity index is 767. The van der Waals surface area contributed by atoms with Gasteiger partial charge in [-0.1, -0.05) is 17.7 Å². The number of aryl methyl sites for hydroxylation is 1. The second-order valence-electron chi connectivity index (χ2n) is 5.45. The van der Waals surface area contributed by atoms with Crippen LogP contribution in [0, 0.1) is 6.92 Å². The Balaban J connectivity index is 1.87. The molecule has 0 unspecified atom stereocenters. The molecule has 3 rings (SSSR count). The van der Waals surface area contributed by atoms with E-state index in [1.807, 2.05) is 31.2 Å². The molecule has 2 heterocycles. The van der Waals surface area contributed by atoms with Crippen molar-refractivity contribution >= 4 is 28.2 Å². The number of nitrogens with zero attached hydrogens (tertiary/aromatic N) is 1. The van der Waals surface area contributed by atoms with Gasteiger partial charge >= 0.3 is 0 Å². The Morgan fingerprint density at radius 3 is 2.77 bits per heavy atom. The van der Waals surface area contributed by atoms with Crippen LogP contribution in [0.1, 0.15) is 36.7 Å². The Labute approximate surface area is 132 Å². The fraction of sp³-hybridized carbons (Fsp3) is 0.250. The molecule has 0 saturated heterocycles. The molecule has 22 heavy (non-hydrogen) atoms. The van der Waals surface area contributed by atoms with E-state index in [9.17, 15) is 9.59 Å². The largest absolute Gasteiger partial charge is 0.390 e. The number of benzene rings is 1. The van der Waals surface area contributed by atoms with Crippen molar-refractivity contribution in [2.24, 2.45) is 5.73 Å². The third-order valence-corrected chi connectivity index (χ3v) is 4.93. The first-order chi connectivity index (χ1) is 10.5. The maximum atomic E-state index is 12.6. The molecule has 114 valence electrons. The quantitative estimate of drug-likeness (QED) is 0.887. The number of anilines is 1. The summed E-state index contributed by atoms with van der Waals surface area (Å²) in [6.45, 7) is 3.00. The van der Waals surface area contributed by atoms with Crippen molar-refractivity contribution in [3.8, 4) is 0 Å². The van der Waals surface area contributed by atoms with E-state index in [1.165, 1.54) is 11.3 Å². The highest BCUT2D eigenvalue weighted by molar-refractivity contribution is 7.16. The third kappa shape index (κ3) is 2.46. The van der Waals surface area contributed by atoms with E-state index in [0.29, 0.717) is 35.6 Å². The van der Waals surface area contributed by atoms with Crippen LogP contribution in [0.25, 0.3) is 0 Å². The number of hydrogen-bond donors (Lipinski definition) is 2. The number of primary amides is 1. The summed E-state index contributed by atoms with van der Waals surface area (Å²) in [4.78, 5) is 26.8. The van der Waals surface area contributed by atoms with Crippen LogP contribution in [0.3, 0.4) is 0 Å². The number of carbonyl (C=O) groups excluding carboxylic acids is 2. The molecule has 0 aliphatic carbocycles. The molecule has 6 heteroatoms. The van der Waals surface area contributed by atoms with Crippen molar-refractivity contribution in [2.75, 3.05) is 12.3 Å². The molecular formula is C16H17N3O2S. The summed E-state index contributed by atoms with van der Waals surface area (Å²) in [5, 5.41) is 0.447. The molecular weight excluding hydrogens is 298 g/mol. The number of hydrogen-bond acceptors (Lipinski definition) is 4. The summed E-state index contributed by atoms with van der Waals surface area (Å²) >= 11 is 1.35. The standard InChI is InChI=1S/C16H17N3O2S/c1-9-3-2-4-10(7-9)16(21)19-6-5-11-12(8-19)22-15(18)13(11)14(17)20/h2-4,7H,5-6,8,18H2,1H3,(H2,17,20). The zero-order valence-corrected chi connectivity index (χ0v) is 13.1. The molecule has 1 aromatic heterocycles. The highest BCUT2D eigenvalue weighted by Gasteiger charge is 2.28. The molecule has 0 radical (unpaired) electrons. The van der Waals surface area contributed by atoms with Crippen molar-refractivity contribution in [3.63, 3.8) is 0 Å². The van der Waals surface area contributed by atoms with Gasteiger partial charge in [0.1, 0.15) is 0 Å². The molecule has 0 spiro atoms. The van der Waals surface area contributed by atoms with Gasteiger partial charge in [0.15, 0.2) is 0 Å². The van der Waals surface area contributed by atoms with Crippen molar-refractivity contribution in [1.82, 2.24) is 4.90 Å². The molecule has 0 atom stereocenters. The van der Waals surface area contributed by atoms with Crippen LogP contribution in [0.2, 0.25) is 0 Å². The predicted molar refractivity (Wildman–Crippen MR) is 86.9 cm³/mol. The molecule has 0 saturated carbocycles. The van der Waals surface area contributed by atoms with E-state index in [0.717, 1.165) is 16.0 Å². The number of thiophene rings is 1. The number of carbonyl (C=O) groups is 2. The van der Waals surface area contributed by atoms with Gasteiger partial charge in [0.2, 0.25) is 0 Å². The molecule has 0 fully saturated rings. The lowest BCUT2D eigenvalue weighted by Gasteiger charge is -2.27. The number of amides is 2. The van der Waals surface area contributed by atoms with Crippen LogP contribution in [0.5, 0.6) is 0 Å². The Kier molecular flexibility index (Phi) is 3.62. The van der Waals surface area contributed by atoms with Crippen LogP contribution in [-0.2, 0) is 13.0 Å². The summed E-state index contributed by atoms with van der Waals surface area (Å²) < 4.78 is 0. The summed E-state index contributed by atoms with van der Waals surface area (Å²) in [6.07, 6.45) is 0.610. The second kappa shape index (κ2) is 5.46. The molecule has 1 aliphatic rings. The molecule has 1 aromatic carbocycles. The van der Waals surface area contributed by atoms with Gasteiger partial charge in [-0.2, -0.15) is 0 Å². The average molecular weight is 315 g/mol. The topological polar surface area (TPSA) is 89.4 Å². The minimum atomic E-state index is -0.492. The number of nitrogen functional groups attached to an aromatic ring is 1. The zero-order chi connectivity index (χ0) is 15.9. The second-order valence-corrected chi connectivity index (χ2v) is 6.59. The maximum absolute atomic E-state index is 12.6. The van der Waals surface area contributed by atoms with Crippen molar-refractivity contribution in [3.05, 3.63) is 51.4 Å². The lowest BCUT2D eigenvalue weighted by molar-refractivity contribution is 0.0737. The average Bonchev–Trinajstić information content (AvgIpc) is 2.81. The monoisotopic (exact) mass is 315 g/mol. The summed E-state index contributed by atoms with van der Waals surface area (Å²) in [6, 6.07) is 7.55. The van der Waals surface area contributed by atoms with Crippen LogP contribution in [0.4, 0.5) is 5.00 Å². The van der Waals surface area contributed by atoms with Gasteiger partial charge in [-0.05, 0) is 31.0 Å². The van der Waals surface area contributed by atoms with Gasteiger partial charge in [0.05, 0.1) is 17.1 Å². The summed E-state index contributed by atoms with van der Waals surface area (Å²) in [5.41, 5.74) is 14.4. The SMILES string of the molecule is Cc1cccc(C(=O)N2CCc3c(sc(N)c3C(N)=O)C2)c1. The van der Waals surface area contributed by atoms with Gasteiger partial charge in [-0.25, -0.2) is 0 Å². The van der Waals surface area contributed by atoms with Crippen molar-refractivity contribution in [1.29, 1.82) is 0 Å². The van der Waals surface area contributed by atoms with E-state index < -0.39 is 5.91 Å². The number of fused-ring (bicyclic) bond motifs is 1. The summed E-state index contributed by atoms with van der Waals surface area (Å²) in [7, 11) is 0. The van der Waals surface area contributed by atoms with E-state index in [-0.39, 0.29) is 5.91 Å². The molecule has 0 bridgehead atoms. The fourth-order valence-corrected chi connectivity index (χ4v) is 3.97. The van der Waals surface area contributed by atoms with Crippen LogP contribution in [-0.4, -0.2) is 23.3 Å². The van der Waals surface area contributed by atoms with E-state index in [1.54, 1.807) is 4.90 Å². The Morgan fingerprint density at radius 1 is 1.32 bits per heavy atom. The van der Waals surface area contributed by atoms with Crippen molar-refractivity contribution in [2.45, 2.75) is 19.9 Å². The lowest BCUT2D eigenvalue weighted by Crippen LogP contribution is -2.36. The predicted octanol–water partition coefficient (Wildman–Crippen LogP) is 1.94. The zero-order valence-electron chi connectivity index (χ0n) is 12.3. The fourth-order valence-electron chi connectivity index (χ4n) is 2.83. The van der Waals surface area contributed by atoms with Crippen LogP contribution < -0.4 is 11.5 Å². The van der Waals surface area contributed by atoms with Crippen molar-refractivity contribution < 1.29 is 9.59 Å². The first-order valence-corrected chi connectivity index (χ1v) is 7.84. The summed E-state index contributed by atoms with van der Waals surface area (Å²) in [5.74, 6) is -0.490. The van der Waals surface area contributed by atoms with Gasteiger partial charge in [0.25, 0.3) is 11.8 Å². The van der Waals surface area contributed by atoms with Gasteiger partial charge in [0, 0.05) is 17.0 Å².